The molecule has 0 unspecified atom stereocenters. The molecule has 2 heterocycles. The Morgan fingerprint density at radius 3 is 2.35 bits per heavy atom. The molecular weight excluding hydrogens is 379 g/mol. The highest BCUT2D eigenvalue weighted by atomic mass is 35.5. The van der Waals surface area contributed by atoms with Gasteiger partial charge in [-0.15, -0.1) is 0 Å². The smallest absolute Gasteiger partial charge is 0.231 e. The monoisotopic (exact) mass is 390 g/mol. The zero-order valence-corrected chi connectivity index (χ0v) is 15.0. The van der Waals surface area contributed by atoms with E-state index in [9.17, 15) is 0 Å². The molecule has 0 N–H and O–H groups in total. The minimum absolute atomic E-state index is 0.0866. The average molecular weight is 391 g/mol. The summed E-state index contributed by atoms with van der Waals surface area (Å²) in [4.78, 5) is 8.58. The lowest BCUT2D eigenvalue weighted by molar-refractivity contribution is 0.174. The molecule has 0 amide bonds. The van der Waals surface area contributed by atoms with Crippen molar-refractivity contribution < 1.29 is 18.9 Å². The van der Waals surface area contributed by atoms with Crippen molar-refractivity contribution in [2.24, 2.45) is 0 Å². The van der Waals surface area contributed by atoms with Gasteiger partial charge in [-0.25, -0.2) is 9.97 Å². The van der Waals surface area contributed by atoms with Crippen molar-refractivity contribution in [2.75, 3.05) is 13.9 Å². The third-order valence-electron chi connectivity index (χ3n) is 3.69. The molecule has 0 radical (unpaired) electrons. The Labute approximate surface area is 159 Å². The van der Waals surface area contributed by atoms with Gasteiger partial charge in [-0.2, -0.15) is 0 Å². The van der Waals surface area contributed by atoms with Gasteiger partial charge in [0.15, 0.2) is 39.1 Å². The van der Waals surface area contributed by atoms with E-state index in [0.717, 1.165) is 0 Å². The van der Waals surface area contributed by atoms with Crippen LogP contribution in [-0.2, 0) is 0 Å². The van der Waals surface area contributed by atoms with Crippen molar-refractivity contribution in [1.82, 2.24) is 9.97 Å². The van der Waals surface area contributed by atoms with Crippen LogP contribution in [-0.4, -0.2) is 23.9 Å². The second-order valence-electron chi connectivity index (χ2n) is 5.28. The number of rotatable bonds is 4. The van der Waals surface area contributed by atoms with Crippen LogP contribution in [0.25, 0.3) is 11.4 Å². The quantitative estimate of drug-likeness (QED) is 0.585. The van der Waals surface area contributed by atoms with Crippen LogP contribution in [0.3, 0.4) is 0 Å². The molecule has 1 aliphatic rings. The molecule has 4 rings (SSSR count). The predicted molar refractivity (Wildman–Crippen MR) is 96.7 cm³/mol. The van der Waals surface area contributed by atoms with Crippen LogP contribution >= 0.6 is 23.2 Å². The minimum atomic E-state index is 0.0866. The van der Waals surface area contributed by atoms with Crippen LogP contribution in [0.5, 0.6) is 28.7 Å². The fourth-order valence-corrected chi connectivity index (χ4v) is 2.92. The number of methoxy groups -OCH3 is 1. The first-order valence-electron chi connectivity index (χ1n) is 7.59. The van der Waals surface area contributed by atoms with Crippen molar-refractivity contribution in [2.45, 2.75) is 0 Å². The third kappa shape index (κ3) is 3.09. The molecule has 1 aromatic heterocycles. The van der Waals surface area contributed by atoms with Gasteiger partial charge in [0, 0.05) is 5.56 Å². The maximum absolute atomic E-state index is 6.29. The molecule has 132 valence electrons. The lowest BCUT2D eigenvalue weighted by Gasteiger charge is -2.12. The first kappa shape index (κ1) is 16.8. The lowest BCUT2D eigenvalue weighted by Crippen LogP contribution is -1.97. The number of hydrogen-bond donors (Lipinski definition) is 0. The maximum Gasteiger partial charge on any atom is 0.231 e. The van der Waals surface area contributed by atoms with Crippen molar-refractivity contribution in [1.29, 1.82) is 0 Å². The number of para-hydroxylation sites is 2. The average Bonchev–Trinajstić information content (AvgIpc) is 3.12. The van der Waals surface area contributed by atoms with E-state index in [1.165, 1.54) is 0 Å². The first-order chi connectivity index (χ1) is 12.7. The summed E-state index contributed by atoms with van der Waals surface area (Å²) in [5.41, 5.74) is 0.696. The molecule has 0 aliphatic carbocycles. The molecule has 0 saturated heterocycles. The summed E-state index contributed by atoms with van der Waals surface area (Å²) >= 11 is 12.6. The second kappa shape index (κ2) is 6.90. The highest BCUT2D eigenvalue weighted by molar-refractivity contribution is 6.35. The van der Waals surface area contributed by atoms with E-state index in [2.05, 4.69) is 9.97 Å². The van der Waals surface area contributed by atoms with Gasteiger partial charge in [0.05, 0.1) is 7.11 Å². The molecule has 2 aromatic carbocycles. The van der Waals surface area contributed by atoms with E-state index in [4.69, 9.17) is 42.1 Å². The van der Waals surface area contributed by atoms with Crippen LogP contribution in [0.4, 0.5) is 0 Å². The Morgan fingerprint density at radius 1 is 0.923 bits per heavy atom. The molecule has 0 bridgehead atoms. The number of ether oxygens (including phenoxy) is 4. The van der Waals surface area contributed by atoms with Gasteiger partial charge in [0.2, 0.25) is 12.5 Å². The predicted octanol–water partition coefficient (Wildman–Crippen LogP) is 4.98. The van der Waals surface area contributed by atoms with Crippen molar-refractivity contribution in [3.05, 3.63) is 52.8 Å². The van der Waals surface area contributed by atoms with E-state index in [1.807, 2.05) is 12.1 Å². The van der Waals surface area contributed by atoms with Crippen LogP contribution in [0.1, 0.15) is 0 Å². The Kier molecular flexibility index (Phi) is 4.44. The number of hydrogen-bond acceptors (Lipinski definition) is 6. The van der Waals surface area contributed by atoms with Gasteiger partial charge < -0.3 is 18.9 Å². The number of nitrogens with zero attached hydrogens (tertiary/aromatic N) is 2. The summed E-state index contributed by atoms with van der Waals surface area (Å²) in [7, 11) is 1.55. The number of halogens is 2. The normalized spacial score (nSPS) is 12.1. The summed E-state index contributed by atoms with van der Waals surface area (Å²) in [5.74, 6) is 2.79. The van der Waals surface area contributed by atoms with Crippen LogP contribution in [0, 0.1) is 0 Å². The molecule has 0 spiro atoms. The van der Waals surface area contributed by atoms with Crippen LogP contribution < -0.4 is 18.9 Å². The fourth-order valence-electron chi connectivity index (χ4n) is 2.46. The van der Waals surface area contributed by atoms with E-state index in [0.29, 0.717) is 34.4 Å². The first-order valence-corrected chi connectivity index (χ1v) is 8.35. The molecule has 26 heavy (non-hydrogen) atoms. The highest BCUT2D eigenvalue weighted by Crippen LogP contribution is 2.40. The van der Waals surface area contributed by atoms with Gasteiger partial charge >= 0.3 is 0 Å². The zero-order chi connectivity index (χ0) is 18.1. The van der Waals surface area contributed by atoms with Crippen molar-refractivity contribution in [3.63, 3.8) is 0 Å². The molecule has 0 atom stereocenters. The summed E-state index contributed by atoms with van der Waals surface area (Å²) in [6.07, 6.45) is 0. The lowest BCUT2D eigenvalue weighted by atomic mass is 10.2. The highest BCUT2D eigenvalue weighted by Gasteiger charge is 2.19. The number of aromatic nitrogens is 2. The molecule has 0 fully saturated rings. The van der Waals surface area contributed by atoms with Crippen molar-refractivity contribution >= 4 is 23.2 Å². The molecule has 3 aromatic rings. The standard InChI is InChI=1S/C18H12Cl2N2O4/c1-23-11-4-2-3-5-13(11)26-15-16(19)21-18(22-17(15)20)10-6-7-12-14(8-10)25-9-24-12/h2-8H,9H2,1H3. The number of fused-ring (bicyclic) bond motifs is 1. The molecular formula is C18H12Cl2N2O4. The van der Waals surface area contributed by atoms with E-state index >= 15 is 0 Å². The van der Waals surface area contributed by atoms with E-state index in [-0.39, 0.29) is 22.8 Å². The summed E-state index contributed by atoms with van der Waals surface area (Å²) in [5, 5.41) is 0.173. The van der Waals surface area contributed by atoms with Crippen LogP contribution in [0.15, 0.2) is 42.5 Å². The summed E-state index contributed by atoms with van der Waals surface area (Å²) in [6, 6.07) is 12.5. The topological polar surface area (TPSA) is 62.7 Å². The zero-order valence-electron chi connectivity index (χ0n) is 13.5. The Morgan fingerprint density at radius 2 is 1.62 bits per heavy atom. The molecule has 8 heteroatoms. The maximum atomic E-state index is 6.29. The van der Waals surface area contributed by atoms with Gasteiger partial charge in [-0.05, 0) is 30.3 Å². The Bertz CT molecular complexity index is 958. The van der Waals surface area contributed by atoms with Crippen LogP contribution in [0.2, 0.25) is 10.3 Å². The largest absolute Gasteiger partial charge is 0.493 e. The summed E-state index contributed by atoms with van der Waals surface area (Å²) in [6.45, 7) is 0.187. The molecule has 6 nitrogen and oxygen atoms in total. The Hall–Kier alpha value is -2.70. The SMILES string of the molecule is COc1ccccc1Oc1c(Cl)nc(-c2ccc3c(c2)OCO3)nc1Cl. The van der Waals surface area contributed by atoms with Crippen molar-refractivity contribution in [3.8, 4) is 40.1 Å². The second-order valence-corrected chi connectivity index (χ2v) is 5.99. The van der Waals surface area contributed by atoms with Gasteiger partial charge in [-0.3, -0.25) is 0 Å². The van der Waals surface area contributed by atoms with E-state index in [1.54, 1.807) is 37.4 Å². The van der Waals surface area contributed by atoms with Gasteiger partial charge in [-0.1, -0.05) is 35.3 Å². The molecule has 1 aliphatic heterocycles. The Balaban J connectivity index is 1.69. The van der Waals surface area contributed by atoms with Gasteiger partial charge in [0.25, 0.3) is 0 Å². The fraction of sp³-hybridized carbons (Fsp3) is 0.111. The number of benzene rings is 2. The third-order valence-corrected chi connectivity index (χ3v) is 4.21. The summed E-state index contributed by atoms with van der Waals surface area (Å²) < 4.78 is 21.7. The van der Waals surface area contributed by atoms with Gasteiger partial charge in [0.1, 0.15) is 0 Å². The molecule has 0 saturated carbocycles. The van der Waals surface area contributed by atoms with E-state index < -0.39 is 0 Å². The minimum Gasteiger partial charge on any atom is -0.493 e.